The molecule has 0 saturated heterocycles. The number of aliphatic hydroxyl groups is 1. The molecule has 0 radical (unpaired) electrons. The zero-order valence-corrected chi connectivity index (χ0v) is 18.2. The summed E-state index contributed by atoms with van der Waals surface area (Å²) in [7, 11) is 1.78. The maximum absolute atomic E-state index is 13.1. The lowest BCUT2D eigenvalue weighted by Crippen LogP contribution is -2.42. The normalized spacial score (nSPS) is 17.8. The van der Waals surface area contributed by atoms with Gasteiger partial charge in [0.25, 0.3) is 0 Å². The van der Waals surface area contributed by atoms with Crippen LogP contribution < -0.4 is 5.73 Å². The fourth-order valence-electron chi connectivity index (χ4n) is 3.91. The number of hydrogen-bond acceptors (Lipinski definition) is 4. The van der Waals surface area contributed by atoms with Gasteiger partial charge in [-0.1, -0.05) is 53.5 Å². The lowest BCUT2D eigenvalue weighted by atomic mass is 10.1. The van der Waals surface area contributed by atoms with Crippen LogP contribution in [0, 0.1) is 0 Å². The van der Waals surface area contributed by atoms with Crippen LogP contribution in [0.25, 0.3) is 0 Å². The molecule has 0 unspecified atom stereocenters. The van der Waals surface area contributed by atoms with Crippen LogP contribution >= 0.6 is 23.2 Å². The molecule has 0 heterocycles. The first-order chi connectivity index (χ1) is 14.3. The molecule has 0 aromatic heterocycles. The van der Waals surface area contributed by atoms with E-state index in [4.69, 9.17) is 28.9 Å². The summed E-state index contributed by atoms with van der Waals surface area (Å²) >= 11 is 12.5. The molecular formula is C22H25Cl2N3O3. The molecule has 2 amide bonds. The van der Waals surface area contributed by atoms with Crippen LogP contribution in [-0.2, 0) is 22.6 Å². The Morgan fingerprint density at radius 2 is 1.90 bits per heavy atom. The molecule has 2 aromatic carbocycles. The van der Waals surface area contributed by atoms with Crippen LogP contribution in [0.3, 0.4) is 0 Å². The SMILES string of the molecule is CN(CC(=O)N(CCC(N)=O)Cc1ccccc1)[C@@H]1c2cc(Cl)cc(Cl)c2C[C@H]1O. The van der Waals surface area contributed by atoms with Crippen LogP contribution in [0.4, 0.5) is 0 Å². The van der Waals surface area contributed by atoms with Gasteiger partial charge >= 0.3 is 0 Å². The van der Waals surface area contributed by atoms with E-state index in [9.17, 15) is 14.7 Å². The van der Waals surface area contributed by atoms with Crippen molar-refractivity contribution >= 4 is 35.0 Å². The molecule has 3 rings (SSSR count). The van der Waals surface area contributed by atoms with Crippen molar-refractivity contribution in [3.05, 3.63) is 69.2 Å². The molecule has 160 valence electrons. The Hall–Kier alpha value is -2.12. The number of nitrogens with zero attached hydrogens (tertiary/aromatic N) is 2. The summed E-state index contributed by atoms with van der Waals surface area (Å²) < 4.78 is 0. The third-order valence-electron chi connectivity index (χ3n) is 5.35. The van der Waals surface area contributed by atoms with Gasteiger partial charge in [-0.05, 0) is 35.9 Å². The standard InChI is InChI=1S/C22H25Cl2N3O3/c1-26(22-17-9-15(23)10-18(24)16(17)11-19(22)28)13-21(30)27(8-7-20(25)29)12-14-5-3-2-4-6-14/h2-6,9-10,19,22,28H,7-8,11-13H2,1H3,(H2,25,29)/t19-,22-/m1/s1. The van der Waals surface area contributed by atoms with E-state index in [0.29, 0.717) is 23.0 Å². The number of halogens is 2. The Morgan fingerprint density at radius 1 is 1.20 bits per heavy atom. The van der Waals surface area contributed by atoms with Gasteiger partial charge in [0.05, 0.1) is 18.7 Å². The number of rotatable bonds is 8. The minimum atomic E-state index is -0.693. The van der Waals surface area contributed by atoms with E-state index in [2.05, 4.69) is 0 Å². The molecule has 0 spiro atoms. The van der Waals surface area contributed by atoms with Gasteiger partial charge in [-0.3, -0.25) is 14.5 Å². The second-order valence-electron chi connectivity index (χ2n) is 7.60. The minimum Gasteiger partial charge on any atom is -0.391 e. The first-order valence-electron chi connectivity index (χ1n) is 9.72. The minimum absolute atomic E-state index is 0.0664. The Balaban J connectivity index is 1.76. The highest BCUT2D eigenvalue weighted by Gasteiger charge is 2.36. The van der Waals surface area contributed by atoms with Crippen molar-refractivity contribution in [2.45, 2.75) is 31.5 Å². The first-order valence-corrected chi connectivity index (χ1v) is 10.5. The van der Waals surface area contributed by atoms with Crippen LogP contribution in [0.1, 0.15) is 29.2 Å². The highest BCUT2D eigenvalue weighted by atomic mass is 35.5. The van der Waals surface area contributed by atoms with Crippen LogP contribution in [0.5, 0.6) is 0 Å². The van der Waals surface area contributed by atoms with Gasteiger partial charge in [-0.2, -0.15) is 0 Å². The quantitative estimate of drug-likeness (QED) is 0.648. The second kappa shape index (κ2) is 9.79. The van der Waals surface area contributed by atoms with Crippen molar-refractivity contribution in [1.82, 2.24) is 9.80 Å². The zero-order chi connectivity index (χ0) is 21.8. The van der Waals surface area contributed by atoms with Gasteiger partial charge in [-0.15, -0.1) is 0 Å². The van der Waals surface area contributed by atoms with Crippen molar-refractivity contribution in [3.63, 3.8) is 0 Å². The number of nitrogens with two attached hydrogens (primary N) is 1. The fraction of sp³-hybridized carbons (Fsp3) is 0.364. The highest BCUT2D eigenvalue weighted by molar-refractivity contribution is 6.35. The number of aliphatic hydroxyl groups excluding tert-OH is 1. The molecule has 2 atom stereocenters. The number of likely N-dealkylation sites (N-methyl/N-ethyl adjacent to an activating group) is 1. The third-order valence-corrected chi connectivity index (χ3v) is 5.90. The van der Waals surface area contributed by atoms with Gasteiger partial charge < -0.3 is 15.7 Å². The lowest BCUT2D eigenvalue weighted by Gasteiger charge is -2.30. The molecule has 8 heteroatoms. The van der Waals surface area contributed by atoms with Crippen LogP contribution in [-0.4, -0.2) is 53.0 Å². The average Bonchev–Trinajstić information content (AvgIpc) is 3.02. The molecular weight excluding hydrogens is 425 g/mol. The van der Waals surface area contributed by atoms with Crippen LogP contribution in [0.15, 0.2) is 42.5 Å². The molecule has 3 N–H and O–H groups in total. The van der Waals surface area contributed by atoms with E-state index in [0.717, 1.165) is 16.7 Å². The summed E-state index contributed by atoms with van der Waals surface area (Å²) in [5.74, 6) is -0.616. The number of carbonyl (C=O) groups is 2. The first kappa shape index (κ1) is 22.6. The second-order valence-corrected chi connectivity index (χ2v) is 8.45. The fourth-order valence-corrected chi connectivity index (χ4v) is 4.50. The van der Waals surface area contributed by atoms with Crippen molar-refractivity contribution in [2.75, 3.05) is 20.1 Å². The number of fused-ring (bicyclic) bond motifs is 1. The summed E-state index contributed by atoms with van der Waals surface area (Å²) in [6, 6.07) is 12.6. The maximum atomic E-state index is 13.1. The molecule has 2 aromatic rings. The highest BCUT2D eigenvalue weighted by Crippen LogP contribution is 2.40. The van der Waals surface area contributed by atoms with Crippen molar-refractivity contribution in [1.29, 1.82) is 0 Å². The third kappa shape index (κ3) is 5.32. The van der Waals surface area contributed by atoms with E-state index < -0.39 is 18.1 Å². The van der Waals surface area contributed by atoms with Gasteiger partial charge in [-0.25, -0.2) is 0 Å². The summed E-state index contributed by atoms with van der Waals surface area (Å²) in [5.41, 5.74) is 7.94. The predicted molar refractivity (Wildman–Crippen MR) is 117 cm³/mol. The number of carbonyl (C=O) groups excluding carboxylic acids is 2. The van der Waals surface area contributed by atoms with Gasteiger partial charge in [0, 0.05) is 36.0 Å². The largest absolute Gasteiger partial charge is 0.391 e. The van der Waals surface area contributed by atoms with Gasteiger partial charge in [0.2, 0.25) is 11.8 Å². The van der Waals surface area contributed by atoms with E-state index in [1.165, 1.54) is 0 Å². The zero-order valence-electron chi connectivity index (χ0n) is 16.7. The predicted octanol–water partition coefficient (Wildman–Crippen LogP) is 2.79. The van der Waals surface area contributed by atoms with Crippen LogP contribution in [0.2, 0.25) is 10.0 Å². The Labute approximate surface area is 186 Å². The summed E-state index contributed by atoms with van der Waals surface area (Å²) in [6.07, 6.45) is -0.200. The molecule has 0 bridgehead atoms. The molecule has 6 nitrogen and oxygen atoms in total. The van der Waals surface area contributed by atoms with Crippen molar-refractivity contribution in [3.8, 4) is 0 Å². The van der Waals surface area contributed by atoms with E-state index in [-0.39, 0.29) is 25.4 Å². The average molecular weight is 450 g/mol. The van der Waals surface area contributed by atoms with E-state index >= 15 is 0 Å². The molecule has 0 saturated carbocycles. The molecule has 0 fully saturated rings. The van der Waals surface area contributed by atoms with Crippen molar-refractivity contribution in [2.24, 2.45) is 5.73 Å². The van der Waals surface area contributed by atoms with Gasteiger partial charge in [0.1, 0.15) is 0 Å². The van der Waals surface area contributed by atoms with Gasteiger partial charge in [0.15, 0.2) is 0 Å². The summed E-state index contributed by atoms with van der Waals surface area (Å²) in [5, 5.41) is 11.6. The smallest absolute Gasteiger partial charge is 0.237 e. The summed E-state index contributed by atoms with van der Waals surface area (Å²) in [6.45, 7) is 0.678. The molecule has 30 heavy (non-hydrogen) atoms. The molecule has 1 aliphatic rings. The van der Waals surface area contributed by atoms with E-state index in [1.54, 1.807) is 29.0 Å². The number of amides is 2. The Morgan fingerprint density at radius 3 is 2.57 bits per heavy atom. The maximum Gasteiger partial charge on any atom is 0.237 e. The molecule has 1 aliphatic carbocycles. The number of primary amides is 1. The van der Waals surface area contributed by atoms with Crippen molar-refractivity contribution < 1.29 is 14.7 Å². The molecule has 0 aliphatic heterocycles. The number of benzene rings is 2. The topological polar surface area (TPSA) is 86.9 Å². The number of hydrogen-bond donors (Lipinski definition) is 2. The summed E-state index contributed by atoms with van der Waals surface area (Å²) in [4.78, 5) is 27.8. The Kier molecular flexibility index (Phi) is 7.36. The monoisotopic (exact) mass is 449 g/mol. The lowest BCUT2D eigenvalue weighted by molar-refractivity contribution is -0.134. The Bertz CT molecular complexity index is 923. The van der Waals surface area contributed by atoms with E-state index in [1.807, 2.05) is 30.3 Å².